The van der Waals surface area contributed by atoms with E-state index < -0.39 is 28.5 Å². The summed E-state index contributed by atoms with van der Waals surface area (Å²) in [5.74, 6) is -0.501. The summed E-state index contributed by atoms with van der Waals surface area (Å²) in [6.07, 6.45) is 0. The van der Waals surface area contributed by atoms with Crippen LogP contribution < -0.4 is 9.62 Å². The number of nitrogens with one attached hydrogen (secondary N) is 1. The molecule has 0 heterocycles. The predicted octanol–water partition coefficient (Wildman–Crippen LogP) is 5.31. The fraction of sp³-hybridized carbons (Fsp3) is 0.375. The Balaban J connectivity index is 2.07. The normalized spacial score (nSPS) is 12.2. The van der Waals surface area contributed by atoms with Crippen molar-refractivity contribution in [2.75, 3.05) is 17.4 Å². The van der Waals surface area contributed by atoms with Gasteiger partial charge in [-0.2, -0.15) is 0 Å². The highest BCUT2D eigenvalue weighted by molar-refractivity contribution is 7.92. The van der Waals surface area contributed by atoms with Crippen molar-refractivity contribution in [3.63, 3.8) is 0 Å². The lowest BCUT2D eigenvalue weighted by molar-refractivity contribution is -0.139. The third-order valence-corrected chi connectivity index (χ3v) is 8.75. The number of carbonyl (C=O) groups excluding carboxylic acids is 2. The molecule has 2 amide bonds. The van der Waals surface area contributed by atoms with Crippen molar-refractivity contribution in [1.82, 2.24) is 10.2 Å². The molecule has 8 heteroatoms. The average Bonchev–Trinajstić information content (AvgIpc) is 2.91. The largest absolute Gasteiger partial charge is 0.354 e. The number of sulfonamides is 1. The predicted molar refractivity (Wildman–Crippen MR) is 161 cm³/mol. The van der Waals surface area contributed by atoms with Gasteiger partial charge in [-0.15, -0.1) is 0 Å². The molecular weight excluding hydrogens is 522 g/mol. The molecule has 1 atom stereocenters. The molecule has 1 N–H and O–H groups in total. The number of aryl methyl sites for hydroxylation is 4. The minimum Gasteiger partial charge on any atom is -0.354 e. The molecule has 40 heavy (non-hydrogen) atoms. The monoisotopic (exact) mass is 563 g/mol. The first-order valence-electron chi connectivity index (χ1n) is 13.6. The van der Waals surface area contributed by atoms with Gasteiger partial charge in [-0.3, -0.25) is 13.9 Å². The van der Waals surface area contributed by atoms with Crippen molar-refractivity contribution in [3.05, 3.63) is 94.5 Å². The second-order valence-corrected chi connectivity index (χ2v) is 12.7. The first-order valence-corrected chi connectivity index (χ1v) is 15.0. The van der Waals surface area contributed by atoms with E-state index in [-0.39, 0.29) is 23.3 Å². The minimum absolute atomic E-state index is 0.0972. The van der Waals surface area contributed by atoms with E-state index in [1.165, 1.54) is 9.21 Å². The van der Waals surface area contributed by atoms with E-state index in [0.29, 0.717) is 12.2 Å². The van der Waals surface area contributed by atoms with Gasteiger partial charge in [0.1, 0.15) is 12.6 Å². The summed E-state index contributed by atoms with van der Waals surface area (Å²) in [6.45, 7) is 13.4. The number of nitrogens with zero attached hydrogens (tertiary/aromatic N) is 2. The number of anilines is 1. The molecule has 214 valence electrons. The number of hydrogen-bond donors (Lipinski definition) is 1. The summed E-state index contributed by atoms with van der Waals surface area (Å²) in [5, 5.41) is 2.92. The van der Waals surface area contributed by atoms with Crippen LogP contribution in [0.4, 0.5) is 5.69 Å². The Kier molecular flexibility index (Phi) is 10.1. The Bertz CT molecular complexity index is 1450. The molecule has 0 unspecified atom stereocenters. The Morgan fingerprint density at radius 3 is 2.08 bits per heavy atom. The van der Waals surface area contributed by atoms with Crippen molar-refractivity contribution in [1.29, 1.82) is 0 Å². The first-order chi connectivity index (χ1) is 18.8. The number of carbonyl (C=O) groups is 2. The van der Waals surface area contributed by atoms with Crippen LogP contribution in [0.25, 0.3) is 0 Å². The van der Waals surface area contributed by atoms with Crippen LogP contribution in [0.2, 0.25) is 0 Å². The number of amides is 2. The molecule has 0 bridgehead atoms. The molecule has 0 aliphatic heterocycles. The van der Waals surface area contributed by atoms with Gasteiger partial charge in [0.25, 0.3) is 10.0 Å². The van der Waals surface area contributed by atoms with E-state index in [1.807, 2.05) is 77.9 Å². The summed E-state index contributed by atoms with van der Waals surface area (Å²) < 4.78 is 29.2. The number of benzene rings is 3. The quantitative estimate of drug-likeness (QED) is 0.343. The van der Waals surface area contributed by atoms with Gasteiger partial charge in [0.2, 0.25) is 11.8 Å². The van der Waals surface area contributed by atoms with Crippen molar-refractivity contribution >= 4 is 27.5 Å². The Morgan fingerprint density at radius 2 is 1.45 bits per heavy atom. The summed E-state index contributed by atoms with van der Waals surface area (Å²) >= 11 is 0. The third-order valence-electron chi connectivity index (χ3n) is 6.97. The molecule has 3 aromatic rings. The zero-order valence-corrected chi connectivity index (χ0v) is 25.4. The lowest BCUT2D eigenvalue weighted by atomic mass is 10.1. The second-order valence-electron chi connectivity index (χ2n) is 10.9. The molecule has 7 nitrogen and oxygen atoms in total. The topological polar surface area (TPSA) is 86.8 Å². The molecule has 0 fully saturated rings. The molecule has 0 saturated carbocycles. The van der Waals surface area contributed by atoms with Crippen molar-refractivity contribution in [3.8, 4) is 0 Å². The van der Waals surface area contributed by atoms with Crippen molar-refractivity contribution in [2.45, 2.75) is 65.9 Å². The van der Waals surface area contributed by atoms with Crippen LogP contribution in [0.1, 0.15) is 48.6 Å². The van der Waals surface area contributed by atoms with Gasteiger partial charge in [0.05, 0.1) is 10.6 Å². The van der Waals surface area contributed by atoms with Crippen LogP contribution in [0.5, 0.6) is 0 Å². The van der Waals surface area contributed by atoms with E-state index >= 15 is 0 Å². The number of rotatable bonds is 11. The minimum atomic E-state index is -4.10. The lowest BCUT2D eigenvalue weighted by Gasteiger charge is -2.33. The zero-order valence-electron chi connectivity index (χ0n) is 24.6. The fourth-order valence-corrected chi connectivity index (χ4v) is 5.82. The summed E-state index contributed by atoms with van der Waals surface area (Å²) in [4.78, 5) is 28.8. The summed E-state index contributed by atoms with van der Waals surface area (Å²) in [6, 6.07) is 19.0. The van der Waals surface area contributed by atoms with Gasteiger partial charge in [0.15, 0.2) is 0 Å². The SMILES string of the molecule is Cc1ccc(S(=O)(=O)N(CC(=O)N(Cc2ccccc2C)[C@H](C)C(=O)NCC(C)C)c2cc(C)ccc2C)cc1. The van der Waals surface area contributed by atoms with Crippen LogP contribution in [0.3, 0.4) is 0 Å². The van der Waals surface area contributed by atoms with Gasteiger partial charge in [-0.1, -0.05) is 67.9 Å². The smallest absolute Gasteiger partial charge is 0.264 e. The molecular formula is C32H41N3O4S. The molecule has 0 spiro atoms. The first kappa shape index (κ1) is 30.9. The van der Waals surface area contributed by atoms with Crippen LogP contribution in [0.15, 0.2) is 71.6 Å². The van der Waals surface area contributed by atoms with E-state index in [1.54, 1.807) is 37.3 Å². The van der Waals surface area contributed by atoms with Crippen LogP contribution >= 0.6 is 0 Å². The molecule has 0 aliphatic rings. The van der Waals surface area contributed by atoms with Gasteiger partial charge in [0, 0.05) is 13.1 Å². The molecule has 0 saturated heterocycles. The standard InChI is InChI=1S/C32H41N3O4S/c1-22(2)19-33-32(37)27(7)34(20-28-11-9-8-10-25(28)5)31(36)21-35(30-18-24(4)12-15-26(30)6)40(38,39)29-16-13-23(3)14-17-29/h8-18,22,27H,19-21H2,1-7H3,(H,33,37)/t27-/m1/s1. The van der Waals surface area contributed by atoms with Gasteiger partial charge in [-0.05, 0) is 81.0 Å². The van der Waals surface area contributed by atoms with Crippen LogP contribution in [-0.4, -0.2) is 44.3 Å². The highest BCUT2D eigenvalue weighted by atomic mass is 32.2. The lowest BCUT2D eigenvalue weighted by Crippen LogP contribution is -2.51. The highest BCUT2D eigenvalue weighted by Crippen LogP contribution is 2.29. The Morgan fingerprint density at radius 1 is 0.825 bits per heavy atom. The van der Waals surface area contributed by atoms with Gasteiger partial charge >= 0.3 is 0 Å². The Hall–Kier alpha value is -3.65. The maximum Gasteiger partial charge on any atom is 0.264 e. The average molecular weight is 564 g/mol. The van der Waals surface area contributed by atoms with Crippen LogP contribution in [0, 0.1) is 33.6 Å². The molecule has 3 aromatic carbocycles. The van der Waals surface area contributed by atoms with E-state index in [2.05, 4.69) is 5.32 Å². The maximum atomic E-state index is 14.1. The van der Waals surface area contributed by atoms with Gasteiger partial charge in [-0.25, -0.2) is 8.42 Å². The molecule has 0 radical (unpaired) electrons. The van der Waals surface area contributed by atoms with E-state index in [4.69, 9.17) is 0 Å². The maximum absolute atomic E-state index is 14.1. The summed E-state index contributed by atoms with van der Waals surface area (Å²) in [7, 11) is -4.10. The molecule has 0 aliphatic carbocycles. The van der Waals surface area contributed by atoms with E-state index in [9.17, 15) is 18.0 Å². The van der Waals surface area contributed by atoms with Crippen molar-refractivity contribution in [2.24, 2.45) is 5.92 Å². The Labute approximate surface area is 239 Å². The second kappa shape index (κ2) is 13.1. The number of hydrogen-bond acceptors (Lipinski definition) is 4. The van der Waals surface area contributed by atoms with Gasteiger partial charge < -0.3 is 10.2 Å². The fourth-order valence-electron chi connectivity index (χ4n) is 4.34. The molecule has 0 aromatic heterocycles. The third kappa shape index (κ3) is 7.50. The van der Waals surface area contributed by atoms with Crippen molar-refractivity contribution < 1.29 is 18.0 Å². The van der Waals surface area contributed by atoms with Crippen LogP contribution in [-0.2, 0) is 26.2 Å². The zero-order chi connectivity index (χ0) is 29.6. The van der Waals surface area contributed by atoms with E-state index in [0.717, 1.165) is 27.8 Å². The molecule has 3 rings (SSSR count). The summed E-state index contributed by atoms with van der Waals surface area (Å²) in [5.41, 5.74) is 4.83. The highest BCUT2D eigenvalue weighted by Gasteiger charge is 2.33.